The summed E-state index contributed by atoms with van der Waals surface area (Å²) in [5.41, 5.74) is 1.23. The lowest BCUT2D eigenvalue weighted by molar-refractivity contribution is -0.119. The summed E-state index contributed by atoms with van der Waals surface area (Å²) >= 11 is 1.22. The number of anilines is 1. The Morgan fingerprint density at radius 2 is 1.90 bits per heavy atom. The summed E-state index contributed by atoms with van der Waals surface area (Å²) in [6.07, 6.45) is 3.00. The maximum atomic E-state index is 12.3. The van der Waals surface area contributed by atoms with E-state index in [2.05, 4.69) is 5.32 Å². The van der Waals surface area contributed by atoms with E-state index < -0.39 is 34.3 Å². The molecule has 10 heteroatoms. The third-order valence-corrected chi connectivity index (χ3v) is 6.43. The first-order valence-electron chi connectivity index (χ1n) is 9.26. The van der Waals surface area contributed by atoms with E-state index >= 15 is 0 Å². The van der Waals surface area contributed by atoms with Gasteiger partial charge in [-0.3, -0.25) is 4.79 Å². The van der Waals surface area contributed by atoms with Crippen LogP contribution in [0.4, 0.5) is 5.00 Å². The average Bonchev–Trinajstić information content (AvgIpc) is 3.46. The number of benzene rings is 1. The third kappa shape index (κ3) is 5.25. The number of carbonyl (C=O) groups is 3. The van der Waals surface area contributed by atoms with Crippen LogP contribution in [-0.2, 0) is 24.1 Å². The lowest BCUT2D eigenvalue weighted by Gasteiger charge is -2.09. The van der Waals surface area contributed by atoms with E-state index in [1.807, 2.05) is 5.38 Å². The van der Waals surface area contributed by atoms with Crippen LogP contribution in [0, 0.1) is 0 Å². The van der Waals surface area contributed by atoms with Crippen molar-refractivity contribution in [3.05, 3.63) is 46.3 Å². The second-order valence-electron chi connectivity index (χ2n) is 6.81. The highest BCUT2D eigenvalue weighted by Crippen LogP contribution is 2.46. The van der Waals surface area contributed by atoms with E-state index in [1.165, 1.54) is 35.6 Å². The molecule has 1 fully saturated rings. The summed E-state index contributed by atoms with van der Waals surface area (Å²) < 4.78 is 33.3. The Balaban J connectivity index is 1.65. The third-order valence-electron chi connectivity index (χ3n) is 4.40. The molecule has 0 unspecified atom stereocenters. The number of thiophene rings is 1. The number of sulfone groups is 1. The number of carbonyl (C=O) groups excluding carboxylic acids is 3. The van der Waals surface area contributed by atoms with Gasteiger partial charge in [0.25, 0.3) is 5.91 Å². The average molecular weight is 452 g/mol. The van der Waals surface area contributed by atoms with Crippen molar-refractivity contribution >= 4 is 44.0 Å². The maximum Gasteiger partial charge on any atom is 0.341 e. The predicted octanol–water partition coefficient (Wildman–Crippen LogP) is 3.00. The quantitative estimate of drug-likeness (QED) is 0.613. The van der Waals surface area contributed by atoms with Crippen molar-refractivity contribution in [2.45, 2.75) is 30.6 Å². The van der Waals surface area contributed by atoms with E-state index in [9.17, 15) is 22.8 Å². The SMILES string of the molecule is CCOC(=O)c1c(C2CC2)csc1NC(=O)COC(=O)c1cccc(S(C)(=O)=O)c1. The molecule has 0 aliphatic heterocycles. The van der Waals surface area contributed by atoms with Crippen molar-refractivity contribution in [1.29, 1.82) is 0 Å². The molecule has 1 saturated carbocycles. The molecule has 8 nitrogen and oxygen atoms in total. The first kappa shape index (κ1) is 22.0. The molecular formula is C20H21NO7S2. The second kappa shape index (κ2) is 8.97. The fourth-order valence-electron chi connectivity index (χ4n) is 2.80. The van der Waals surface area contributed by atoms with Crippen molar-refractivity contribution < 1.29 is 32.3 Å². The van der Waals surface area contributed by atoms with Gasteiger partial charge < -0.3 is 14.8 Å². The highest BCUT2D eigenvalue weighted by atomic mass is 32.2. The van der Waals surface area contributed by atoms with Crippen LogP contribution in [0.1, 0.15) is 52.0 Å². The van der Waals surface area contributed by atoms with Gasteiger partial charge in [-0.2, -0.15) is 0 Å². The molecule has 2 aromatic rings. The van der Waals surface area contributed by atoms with Crippen LogP contribution in [0.3, 0.4) is 0 Å². The van der Waals surface area contributed by atoms with Gasteiger partial charge >= 0.3 is 11.9 Å². The van der Waals surface area contributed by atoms with Crippen molar-refractivity contribution in [1.82, 2.24) is 0 Å². The van der Waals surface area contributed by atoms with Crippen molar-refractivity contribution in [2.24, 2.45) is 0 Å². The Hall–Kier alpha value is -2.72. The standard InChI is InChI=1S/C20H21NO7S2/c1-3-27-20(24)17-15(12-7-8-12)11-29-18(17)21-16(22)10-28-19(23)13-5-4-6-14(9-13)30(2,25)26/h4-6,9,11-12H,3,7-8,10H2,1-2H3,(H,21,22). The Bertz CT molecular complexity index is 1080. The number of ether oxygens (including phenoxy) is 2. The van der Waals surface area contributed by atoms with E-state index in [1.54, 1.807) is 6.92 Å². The molecule has 160 valence electrons. The van der Waals surface area contributed by atoms with Crippen LogP contribution in [0.25, 0.3) is 0 Å². The number of nitrogens with one attached hydrogen (secondary N) is 1. The van der Waals surface area contributed by atoms with Crippen LogP contribution in [0.15, 0.2) is 34.5 Å². The van der Waals surface area contributed by atoms with E-state index in [4.69, 9.17) is 9.47 Å². The Morgan fingerprint density at radius 1 is 1.17 bits per heavy atom. The van der Waals surface area contributed by atoms with Gasteiger partial charge in [-0.25, -0.2) is 18.0 Å². The van der Waals surface area contributed by atoms with Gasteiger partial charge in [-0.1, -0.05) is 6.07 Å². The summed E-state index contributed by atoms with van der Waals surface area (Å²) in [7, 11) is -3.48. The van der Waals surface area contributed by atoms with Crippen molar-refractivity contribution in [2.75, 3.05) is 24.8 Å². The molecule has 1 aromatic carbocycles. The van der Waals surface area contributed by atoms with Crippen LogP contribution >= 0.6 is 11.3 Å². The minimum atomic E-state index is -3.48. The Kier molecular flexibility index (Phi) is 6.57. The van der Waals surface area contributed by atoms with Gasteiger partial charge in [-0.05, 0) is 54.8 Å². The number of hydrogen-bond donors (Lipinski definition) is 1. The molecule has 1 heterocycles. The molecule has 1 aromatic heterocycles. The minimum absolute atomic E-state index is 0.0186. The Labute approximate surface area is 178 Å². The molecule has 0 spiro atoms. The summed E-state index contributed by atoms with van der Waals surface area (Å²) in [5, 5.41) is 4.79. The molecule has 0 bridgehead atoms. The van der Waals surface area contributed by atoms with Gasteiger partial charge in [0.1, 0.15) is 5.00 Å². The number of esters is 2. The maximum absolute atomic E-state index is 12.3. The summed E-state index contributed by atoms with van der Waals surface area (Å²) in [5.74, 6) is -1.64. The number of rotatable bonds is 8. The summed E-state index contributed by atoms with van der Waals surface area (Å²) in [6, 6.07) is 5.37. The van der Waals surface area contributed by atoms with Crippen LogP contribution in [0.5, 0.6) is 0 Å². The van der Waals surface area contributed by atoms with Gasteiger partial charge in [0.05, 0.1) is 22.6 Å². The van der Waals surface area contributed by atoms with Gasteiger partial charge in [-0.15, -0.1) is 11.3 Å². The molecule has 3 rings (SSSR count). The van der Waals surface area contributed by atoms with Gasteiger partial charge in [0, 0.05) is 6.26 Å². The van der Waals surface area contributed by atoms with Crippen LogP contribution < -0.4 is 5.32 Å². The monoisotopic (exact) mass is 451 g/mol. The highest BCUT2D eigenvalue weighted by Gasteiger charge is 2.32. The molecular weight excluding hydrogens is 430 g/mol. The predicted molar refractivity (Wildman–Crippen MR) is 111 cm³/mol. The zero-order valence-electron chi connectivity index (χ0n) is 16.5. The topological polar surface area (TPSA) is 116 Å². The Morgan fingerprint density at radius 3 is 2.53 bits per heavy atom. The second-order valence-corrected chi connectivity index (χ2v) is 9.71. The lowest BCUT2D eigenvalue weighted by atomic mass is 10.1. The fourth-order valence-corrected chi connectivity index (χ4v) is 4.52. The van der Waals surface area contributed by atoms with Gasteiger partial charge in [0.2, 0.25) is 0 Å². The zero-order chi connectivity index (χ0) is 21.9. The largest absolute Gasteiger partial charge is 0.462 e. The molecule has 1 N–H and O–H groups in total. The van der Waals surface area contributed by atoms with Gasteiger partial charge in [0.15, 0.2) is 16.4 Å². The van der Waals surface area contributed by atoms with Crippen LogP contribution in [0.2, 0.25) is 0 Å². The van der Waals surface area contributed by atoms with Crippen molar-refractivity contribution in [3.8, 4) is 0 Å². The minimum Gasteiger partial charge on any atom is -0.462 e. The highest BCUT2D eigenvalue weighted by molar-refractivity contribution is 7.90. The smallest absolute Gasteiger partial charge is 0.341 e. The molecule has 0 atom stereocenters. The molecule has 1 aliphatic rings. The normalized spacial score (nSPS) is 13.5. The van der Waals surface area contributed by atoms with E-state index in [-0.39, 0.29) is 17.1 Å². The molecule has 0 radical (unpaired) electrons. The number of hydrogen-bond acceptors (Lipinski definition) is 8. The first-order valence-corrected chi connectivity index (χ1v) is 12.0. The van der Waals surface area contributed by atoms with E-state index in [0.717, 1.165) is 24.7 Å². The molecule has 1 aliphatic carbocycles. The van der Waals surface area contributed by atoms with Crippen molar-refractivity contribution in [3.63, 3.8) is 0 Å². The zero-order valence-corrected chi connectivity index (χ0v) is 18.1. The van der Waals surface area contributed by atoms with Crippen LogP contribution in [-0.4, -0.2) is 45.7 Å². The number of amides is 1. The van der Waals surface area contributed by atoms with E-state index in [0.29, 0.717) is 16.5 Å². The lowest BCUT2D eigenvalue weighted by Crippen LogP contribution is -2.22. The first-order chi connectivity index (χ1) is 14.2. The fraction of sp³-hybridized carbons (Fsp3) is 0.350. The molecule has 1 amide bonds. The summed E-state index contributed by atoms with van der Waals surface area (Å²) in [4.78, 5) is 36.7. The molecule has 0 saturated heterocycles. The molecule has 30 heavy (non-hydrogen) atoms. The summed E-state index contributed by atoms with van der Waals surface area (Å²) in [6.45, 7) is 1.34.